The van der Waals surface area contributed by atoms with E-state index in [0.29, 0.717) is 24.0 Å². The smallest absolute Gasteiger partial charge is 0.319 e. The van der Waals surface area contributed by atoms with Gasteiger partial charge in [-0.05, 0) is 12.8 Å². The zero-order valence-electron chi connectivity index (χ0n) is 21.2. The van der Waals surface area contributed by atoms with Gasteiger partial charge in [0.15, 0.2) is 22.6 Å². The van der Waals surface area contributed by atoms with E-state index in [-0.39, 0.29) is 54.9 Å². The van der Waals surface area contributed by atoms with Gasteiger partial charge in [0.2, 0.25) is 5.95 Å². The monoisotopic (exact) mass is 612 g/mol. The summed E-state index contributed by atoms with van der Waals surface area (Å²) in [5, 5.41) is 0. The van der Waals surface area contributed by atoms with Crippen LogP contribution in [0.4, 0.5) is 11.8 Å². The first-order chi connectivity index (χ1) is 19.8. The second-order valence-electron chi connectivity index (χ2n) is 9.31. The highest BCUT2D eigenvalue weighted by Gasteiger charge is 2.40. The quantitative estimate of drug-likeness (QED) is 0.175. The predicted octanol–water partition coefficient (Wildman–Crippen LogP) is 0.279. The van der Waals surface area contributed by atoms with Crippen LogP contribution in [-0.2, 0) is 32.2 Å². The second kappa shape index (κ2) is 11.5. The van der Waals surface area contributed by atoms with Gasteiger partial charge in [0.1, 0.15) is 30.4 Å². The first kappa shape index (κ1) is 27.9. The minimum Gasteiger partial charge on any atom is -0.382 e. The summed E-state index contributed by atoms with van der Waals surface area (Å²) >= 11 is 0. The van der Waals surface area contributed by atoms with E-state index in [2.05, 4.69) is 29.9 Å². The Morgan fingerprint density at radius 3 is 2.59 bits per heavy atom. The average Bonchev–Trinajstić information content (AvgIpc) is 3.71. The molecule has 2 saturated heterocycles. The lowest BCUT2D eigenvalue weighted by Crippen LogP contribution is -2.27. The molecule has 19 nitrogen and oxygen atoms in total. The zero-order valence-corrected chi connectivity index (χ0v) is 23.2. The maximum absolute atomic E-state index is 12.8. The summed E-state index contributed by atoms with van der Waals surface area (Å²) in [6.07, 6.45) is 2.45. The van der Waals surface area contributed by atoms with Gasteiger partial charge in [0.25, 0.3) is 5.56 Å². The molecule has 0 aliphatic carbocycles. The average molecular weight is 612 g/mol. The molecule has 6 heterocycles. The Morgan fingerprint density at radius 1 is 1.00 bits per heavy atom. The normalized spacial score (nSPS) is 26.2. The van der Waals surface area contributed by atoms with E-state index in [4.69, 9.17) is 39.4 Å². The Kier molecular flexibility index (Phi) is 7.84. The largest absolute Gasteiger partial charge is 0.382 e. The van der Waals surface area contributed by atoms with E-state index in [0.717, 1.165) is 0 Å². The Balaban J connectivity index is 1.08. The van der Waals surface area contributed by atoms with Crippen molar-refractivity contribution in [3.8, 4) is 0 Å². The summed E-state index contributed by atoms with van der Waals surface area (Å²) in [5.41, 5.74) is 12.2. The molecule has 0 radical (unpaired) electrons. The maximum atomic E-state index is 12.8. The lowest BCUT2D eigenvalue weighted by atomic mass is 10.2. The van der Waals surface area contributed by atoms with Crippen LogP contribution in [0.2, 0.25) is 0 Å². The van der Waals surface area contributed by atoms with E-state index in [1.807, 2.05) is 0 Å². The summed E-state index contributed by atoms with van der Waals surface area (Å²) < 4.78 is 55.2. The van der Waals surface area contributed by atoms with Crippen LogP contribution in [0.3, 0.4) is 0 Å². The molecule has 7 atom stereocenters. The number of rotatable bonds is 10. The molecule has 4 unspecified atom stereocenters. The number of ether oxygens (including phenoxy) is 2. The molecule has 6 rings (SSSR count). The van der Waals surface area contributed by atoms with E-state index in [1.54, 1.807) is 10.9 Å². The molecule has 2 aliphatic heterocycles. The van der Waals surface area contributed by atoms with E-state index >= 15 is 0 Å². The van der Waals surface area contributed by atoms with Gasteiger partial charge in [0, 0.05) is 6.42 Å². The molecule has 4 aromatic rings. The summed E-state index contributed by atoms with van der Waals surface area (Å²) in [7, 11) is -6.32. The molecule has 0 aromatic carbocycles. The van der Waals surface area contributed by atoms with Gasteiger partial charge in [0.05, 0.1) is 38.1 Å². The maximum Gasteiger partial charge on any atom is 0.319 e. The molecule has 0 bridgehead atoms. The van der Waals surface area contributed by atoms with E-state index in [1.165, 1.54) is 17.2 Å². The number of nitrogens with one attached hydrogen (secondary N) is 1. The highest BCUT2D eigenvalue weighted by Crippen LogP contribution is 2.40. The van der Waals surface area contributed by atoms with Crippen LogP contribution in [0.1, 0.15) is 31.7 Å². The van der Waals surface area contributed by atoms with Crippen molar-refractivity contribution in [2.45, 2.75) is 50.0 Å². The Morgan fingerprint density at radius 2 is 1.78 bits per heavy atom. The SMILES string of the molecule is Nc1nc2c(ncn2[C@H]2C[C@H](O[PH](=O)OCC3CC[C@H](n4cnc5c(N)ncnc54)O3)C(CO[PH](=O)O)O2)c(=O)[nH]1. The minimum absolute atomic E-state index is 0.00129. The highest BCUT2D eigenvalue weighted by molar-refractivity contribution is 7.33. The number of aromatic amines is 1. The predicted molar refractivity (Wildman–Crippen MR) is 141 cm³/mol. The Labute approximate surface area is 231 Å². The molecule has 0 spiro atoms. The van der Waals surface area contributed by atoms with Crippen molar-refractivity contribution >= 4 is 50.6 Å². The summed E-state index contributed by atoms with van der Waals surface area (Å²) in [5.74, 6) is 0.160. The van der Waals surface area contributed by atoms with Crippen molar-refractivity contribution in [1.82, 2.24) is 39.0 Å². The fourth-order valence-corrected chi connectivity index (χ4v) is 6.06. The number of imidazole rings is 2. The number of nitrogens with two attached hydrogens (primary N) is 2. The molecule has 2 aliphatic rings. The first-order valence-corrected chi connectivity index (χ1v) is 14.9. The van der Waals surface area contributed by atoms with Crippen LogP contribution in [-0.4, -0.2) is 75.5 Å². The van der Waals surface area contributed by atoms with E-state index in [9.17, 15) is 13.9 Å². The highest BCUT2D eigenvalue weighted by atomic mass is 31.1. The fourth-order valence-electron chi connectivity index (χ4n) is 4.87. The lowest BCUT2D eigenvalue weighted by molar-refractivity contribution is -0.0381. The molecular weight excluding hydrogens is 586 g/mol. The van der Waals surface area contributed by atoms with Crippen molar-refractivity contribution in [1.29, 1.82) is 0 Å². The van der Waals surface area contributed by atoms with Crippen molar-refractivity contribution in [2.75, 3.05) is 24.7 Å². The van der Waals surface area contributed by atoms with Crippen molar-refractivity contribution in [2.24, 2.45) is 0 Å². The number of nitrogen functional groups attached to an aromatic ring is 2. The Bertz CT molecular complexity index is 1680. The molecule has 0 amide bonds. The number of hydrogen-bond donors (Lipinski definition) is 4. The lowest BCUT2D eigenvalue weighted by Gasteiger charge is -2.19. The van der Waals surface area contributed by atoms with Crippen molar-refractivity contribution < 1.29 is 37.1 Å². The van der Waals surface area contributed by atoms with Crippen LogP contribution in [0.25, 0.3) is 22.3 Å². The first-order valence-electron chi connectivity index (χ1n) is 12.4. The fraction of sp³-hybridized carbons (Fsp3) is 0.500. The summed E-state index contributed by atoms with van der Waals surface area (Å²) in [6.45, 7) is -0.313. The summed E-state index contributed by atoms with van der Waals surface area (Å²) in [4.78, 5) is 44.2. The second-order valence-corrected chi connectivity index (χ2v) is 11.2. The molecule has 2 fully saturated rings. The number of aromatic nitrogens is 8. The van der Waals surface area contributed by atoms with Gasteiger partial charge in [-0.3, -0.25) is 28.0 Å². The van der Waals surface area contributed by atoms with Crippen molar-refractivity contribution in [3.63, 3.8) is 0 Å². The van der Waals surface area contributed by atoms with Gasteiger partial charge in [-0.25, -0.2) is 19.9 Å². The van der Waals surface area contributed by atoms with Gasteiger partial charge in [-0.1, -0.05) is 0 Å². The van der Waals surface area contributed by atoms with Gasteiger partial charge in [-0.15, -0.1) is 0 Å². The third kappa shape index (κ3) is 5.75. The van der Waals surface area contributed by atoms with Crippen LogP contribution < -0.4 is 17.0 Å². The standard InChI is InChI=1S/C20H26N10O9P2/c21-16-14-17(24-6-23-16)29(7-25-14)12-2-1-9(37-12)4-36-41(34)39-10-3-13(38-11(10)5-35-40(32)33)30-8-26-15-18(30)27-20(22)28-19(15)31/h6-13,40-41H,1-5H2,(H,32,33)(H2,21,23,24)(H3,22,27,28,31)/t9?,10-,11?,12+,13+/m0/s1. The number of hydrogen-bond acceptors (Lipinski definition) is 15. The van der Waals surface area contributed by atoms with Crippen LogP contribution in [0, 0.1) is 0 Å². The third-order valence-electron chi connectivity index (χ3n) is 6.73. The molecule has 21 heteroatoms. The van der Waals surface area contributed by atoms with Crippen LogP contribution >= 0.6 is 16.5 Å². The third-order valence-corrected chi connectivity index (χ3v) is 8.04. The Hall–Kier alpha value is -3.28. The van der Waals surface area contributed by atoms with Crippen LogP contribution in [0.15, 0.2) is 23.8 Å². The molecule has 4 aromatic heterocycles. The van der Waals surface area contributed by atoms with Crippen LogP contribution in [0.5, 0.6) is 0 Å². The molecule has 0 saturated carbocycles. The van der Waals surface area contributed by atoms with Gasteiger partial charge in [-0.2, -0.15) is 4.98 Å². The van der Waals surface area contributed by atoms with Crippen molar-refractivity contribution in [3.05, 3.63) is 29.3 Å². The topological polar surface area (TPSA) is 260 Å². The molecule has 220 valence electrons. The molecular formula is C20H26N10O9P2. The number of nitrogens with zero attached hydrogens (tertiary/aromatic N) is 7. The number of H-pyrrole nitrogens is 1. The molecule has 6 N–H and O–H groups in total. The number of fused-ring (bicyclic) bond motifs is 2. The van der Waals surface area contributed by atoms with E-state index < -0.39 is 40.5 Å². The molecule has 41 heavy (non-hydrogen) atoms. The minimum atomic E-state index is -3.27. The van der Waals surface area contributed by atoms with Gasteiger partial charge >= 0.3 is 16.5 Å². The number of anilines is 2. The van der Waals surface area contributed by atoms with Gasteiger partial charge < -0.3 is 39.4 Å². The summed E-state index contributed by atoms with van der Waals surface area (Å²) in [6, 6.07) is 0. The zero-order chi connectivity index (χ0) is 28.7.